The molecule has 1 fully saturated rings. The summed E-state index contributed by atoms with van der Waals surface area (Å²) in [6.07, 6.45) is 3.94. The molecule has 0 spiro atoms. The summed E-state index contributed by atoms with van der Waals surface area (Å²) in [6, 6.07) is 0.251. The molecule has 1 aromatic heterocycles. The summed E-state index contributed by atoms with van der Waals surface area (Å²) in [4.78, 5) is 12.0. The topological polar surface area (TPSA) is 59.0 Å². The Morgan fingerprint density at radius 3 is 3.06 bits per heavy atom. The van der Waals surface area contributed by atoms with E-state index in [0.717, 1.165) is 31.6 Å². The Hall–Kier alpha value is -1.36. The first-order chi connectivity index (χ1) is 7.66. The van der Waals surface area contributed by atoms with Crippen LogP contribution in [-0.2, 0) is 7.05 Å². The van der Waals surface area contributed by atoms with Crippen LogP contribution < -0.4 is 10.6 Å². The summed E-state index contributed by atoms with van der Waals surface area (Å²) in [5.74, 6) is -0.0145. The Morgan fingerprint density at radius 1 is 1.69 bits per heavy atom. The van der Waals surface area contributed by atoms with Gasteiger partial charge < -0.3 is 10.6 Å². The van der Waals surface area contributed by atoms with Crippen LogP contribution in [0.15, 0.2) is 6.20 Å². The molecule has 0 bridgehead atoms. The molecule has 16 heavy (non-hydrogen) atoms. The highest BCUT2D eigenvalue weighted by atomic mass is 16.1. The number of hydrogen-bond donors (Lipinski definition) is 2. The Labute approximate surface area is 95.2 Å². The van der Waals surface area contributed by atoms with Gasteiger partial charge in [0.25, 0.3) is 5.91 Å². The van der Waals surface area contributed by atoms with Crippen LogP contribution in [0.3, 0.4) is 0 Å². The van der Waals surface area contributed by atoms with Crippen molar-refractivity contribution < 1.29 is 4.79 Å². The van der Waals surface area contributed by atoms with Crippen LogP contribution >= 0.6 is 0 Å². The minimum Gasteiger partial charge on any atom is -0.348 e. The second kappa shape index (κ2) is 4.65. The lowest BCUT2D eigenvalue weighted by Gasteiger charge is -2.23. The van der Waals surface area contributed by atoms with Gasteiger partial charge in [-0.25, -0.2) is 0 Å². The van der Waals surface area contributed by atoms with E-state index in [-0.39, 0.29) is 11.9 Å². The second-order valence-corrected chi connectivity index (χ2v) is 4.32. The maximum atomic E-state index is 12.0. The fourth-order valence-electron chi connectivity index (χ4n) is 2.06. The molecule has 2 rings (SSSR count). The number of rotatable bonds is 2. The zero-order valence-corrected chi connectivity index (χ0v) is 9.79. The number of nitrogens with one attached hydrogen (secondary N) is 2. The van der Waals surface area contributed by atoms with Crippen LogP contribution in [0.5, 0.6) is 0 Å². The summed E-state index contributed by atoms with van der Waals surface area (Å²) >= 11 is 0. The van der Waals surface area contributed by atoms with Crippen LogP contribution in [0.1, 0.15) is 28.9 Å². The van der Waals surface area contributed by atoms with E-state index in [1.165, 1.54) is 0 Å². The summed E-state index contributed by atoms with van der Waals surface area (Å²) in [5.41, 5.74) is 1.46. The first-order valence-corrected chi connectivity index (χ1v) is 5.68. The van der Waals surface area contributed by atoms with Crippen molar-refractivity contribution in [3.05, 3.63) is 17.5 Å². The van der Waals surface area contributed by atoms with E-state index in [1.807, 2.05) is 14.0 Å². The molecule has 5 heteroatoms. The molecular weight excluding hydrogens is 204 g/mol. The van der Waals surface area contributed by atoms with Crippen molar-refractivity contribution in [2.24, 2.45) is 7.05 Å². The summed E-state index contributed by atoms with van der Waals surface area (Å²) in [7, 11) is 1.83. The number of piperidine rings is 1. The van der Waals surface area contributed by atoms with Gasteiger partial charge in [0.2, 0.25) is 0 Å². The molecule has 0 radical (unpaired) electrons. The number of hydrogen-bond acceptors (Lipinski definition) is 3. The molecule has 1 aliphatic rings. The molecule has 1 aliphatic heterocycles. The van der Waals surface area contributed by atoms with Crippen molar-refractivity contribution >= 4 is 5.91 Å². The summed E-state index contributed by atoms with van der Waals surface area (Å²) < 4.78 is 1.67. The lowest BCUT2D eigenvalue weighted by Crippen LogP contribution is -2.45. The third-order valence-corrected chi connectivity index (χ3v) is 2.89. The number of nitrogens with zero attached hydrogens (tertiary/aromatic N) is 2. The van der Waals surface area contributed by atoms with Gasteiger partial charge in [-0.1, -0.05) is 0 Å². The van der Waals surface area contributed by atoms with Gasteiger partial charge >= 0.3 is 0 Å². The van der Waals surface area contributed by atoms with E-state index in [0.29, 0.717) is 5.56 Å². The van der Waals surface area contributed by atoms with Crippen LogP contribution in [0.25, 0.3) is 0 Å². The number of carbonyl (C=O) groups excluding carboxylic acids is 1. The molecule has 1 saturated heterocycles. The number of carbonyl (C=O) groups is 1. The van der Waals surface area contributed by atoms with Gasteiger partial charge in [-0.2, -0.15) is 5.10 Å². The quantitative estimate of drug-likeness (QED) is 0.752. The zero-order valence-electron chi connectivity index (χ0n) is 9.79. The second-order valence-electron chi connectivity index (χ2n) is 4.32. The molecule has 0 aliphatic carbocycles. The van der Waals surface area contributed by atoms with Gasteiger partial charge in [0.05, 0.1) is 11.3 Å². The number of aryl methyl sites for hydroxylation is 2. The molecule has 0 saturated carbocycles. The van der Waals surface area contributed by atoms with E-state index in [1.54, 1.807) is 10.9 Å². The number of aromatic nitrogens is 2. The molecule has 2 heterocycles. The molecule has 0 unspecified atom stereocenters. The van der Waals surface area contributed by atoms with Crippen LogP contribution in [0.4, 0.5) is 0 Å². The molecule has 1 atom stereocenters. The molecular formula is C11H18N4O. The van der Waals surface area contributed by atoms with Crippen molar-refractivity contribution in [3.63, 3.8) is 0 Å². The van der Waals surface area contributed by atoms with Crippen LogP contribution in [0.2, 0.25) is 0 Å². The van der Waals surface area contributed by atoms with E-state index in [2.05, 4.69) is 15.7 Å². The Morgan fingerprint density at radius 2 is 2.50 bits per heavy atom. The van der Waals surface area contributed by atoms with Gasteiger partial charge in [0.15, 0.2) is 0 Å². The summed E-state index contributed by atoms with van der Waals surface area (Å²) in [6.45, 7) is 3.78. The zero-order chi connectivity index (χ0) is 11.5. The molecule has 5 nitrogen and oxygen atoms in total. The van der Waals surface area contributed by atoms with E-state index in [4.69, 9.17) is 0 Å². The third-order valence-electron chi connectivity index (χ3n) is 2.89. The fourth-order valence-corrected chi connectivity index (χ4v) is 2.06. The summed E-state index contributed by atoms with van der Waals surface area (Å²) in [5, 5.41) is 10.5. The fraction of sp³-hybridized carbons (Fsp3) is 0.636. The first kappa shape index (κ1) is 11.1. The van der Waals surface area contributed by atoms with Crippen molar-refractivity contribution in [1.82, 2.24) is 20.4 Å². The monoisotopic (exact) mass is 222 g/mol. The highest BCUT2D eigenvalue weighted by Crippen LogP contribution is 2.07. The maximum absolute atomic E-state index is 12.0. The van der Waals surface area contributed by atoms with Gasteiger partial charge in [0, 0.05) is 25.8 Å². The van der Waals surface area contributed by atoms with Gasteiger partial charge in [0.1, 0.15) is 0 Å². The highest BCUT2D eigenvalue weighted by molar-refractivity contribution is 5.95. The molecule has 2 N–H and O–H groups in total. The Bertz CT molecular complexity index is 379. The molecule has 0 aromatic carbocycles. The SMILES string of the molecule is Cc1nn(C)cc1C(=O)N[C@H]1CCCNC1. The third kappa shape index (κ3) is 2.41. The lowest BCUT2D eigenvalue weighted by atomic mass is 10.1. The van der Waals surface area contributed by atoms with Crippen molar-refractivity contribution in [2.75, 3.05) is 13.1 Å². The molecule has 1 amide bonds. The van der Waals surface area contributed by atoms with E-state index in [9.17, 15) is 4.79 Å². The van der Waals surface area contributed by atoms with Crippen LogP contribution in [-0.4, -0.2) is 34.8 Å². The van der Waals surface area contributed by atoms with Crippen LogP contribution in [0, 0.1) is 6.92 Å². The van der Waals surface area contributed by atoms with Crippen molar-refractivity contribution in [3.8, 4) is 0 Å². The van der Waals surface area contributed by atoms with Crippen molar-refractivity contribution in [1.29, 1.82) is 0 Å². The highest BCUT2D eigenvalue weighted by Gasteiger charge is 2.18. The van der Waals surface area contributed by atoms with Gasteiger partial charge in [-0.15, -0.1) is 0 Å². The van der Waals surface area contributed by atoms with Crippen molar-refractivity contribution in [2.45, 2.75) is 25.8 Å². The number of amides is 1. The predicted molar refractivity (Wildman–Crippen MR) is 61.3 cm³/mol. The van der Waals surface area contributed by atoms with Gasteiger partial charge in [-0.05, 0) is 26.3 Å². The minimum atomic E-state index is -0.0145. The Balaban J connectivity index is 1.99. The minimum absolute atomic E-state index is 0.0145. The standard InChI is InChI=1S/C11H18N4O/c1-8-10(7-15(2)14-8)11(16)13-9-4-3-5-12-6-9/h7,9,12H,3-6H2,1-2H3,(H,13,16)/t9-/m0/s1. The average Bonchev–Trinajstić information content (AvgIpc) is 2.59. The largest absolute Gasteiger partial charge is 0.348 e. The maximum Gasteiger partial charge on any atom is 0.255 e. The van der Waals surface area contributed by atoms with Gasteiger partial charge in [-0.3, -0.25) is 9.48 Å². The van der Waals surface area contributed by atoms with E-state index >= 15 is 0 Å². The first-order valence-electron chi connectivity index (χ1n) is 5.68. The smallest absolute Gasteiger partial charge is 0.255 e. The lowest BCUT2D eigenvalue weighted by molar-refractivity contribution is 0.0930. The molecule has 88 valence electrons. The molecule has 1 aromatic rings. The van der Waals surface area contributed by atoms with E-state index < -0.39 is 0 Å². The normalized spacial score (nSPS) is 20.8. The Kier molecular flexibility index (Phi) is 3.24. The average molecular weight is 222 g/mol. The predicted octanol–water partition coefficient (Wildman–Crippen LogP) is 0.210.